The lowest BCUT2D eigenvalue weighted by atomic mass is 10.1. The second-order valence-corrected chi connectivity index (χ2v) is 7.13. The highest BCUT2D eigenvalue weighted by Crippen LogP contribution is 2.22. The van der Waals surface area contributed by atoms with Gasteiger partial charge in [0.15, 0.2) is 0 Å². The average molecular weight is 418 g/mol. The lowest BCUT2D eigenvalue weighted by Crippen LogP contribution is -2.19. The predicted molar refractivity (Wildman–Crippen MR) is 118 cm³/mol. The van der Waals surface area contributed by atoms with Crippen molar-refractivity contribution in [2.24, 2.45) is 5.10 Å². The van der Waals surface area contributed by atoms with E-state index in [0.29, 0.717) is 28.5 Å². The number of hydrogen-bond acceptors (Lipinski definition) is 4. The summed E-state index contributed by atoms with van der Waals surface area (Å²) in [6.07, 6.45) is 0. The fourth-order valence-electron chi connectivity index (χ4n) is 2.68. The molecule has 0 aromatic heterocycles. The summed E-state index contributed by atoms with van der Waals surface area (Å²) in [6.45, 7) is 4.10. The zero-order chi connectivity index (χ0) is 21.5. The molecule has 0 unspecified atom stereocenters. The zero-order valence-corrected chi connectivity index (χ0v) is 17.4. The van der Waals surface area contributed by atoms with Gasteiger partial charge in [0.1, 0.15) is 12.4 Å². The lowest BCUT2D eigenvalue weighted by Gasteiger charge is -2.08. The molecule has 6 heteroatoms. The Morgan fingerprint density at radius 2 is 1.73 bits per heavy atom. The highest BCUT2D eigenvalue weighted by Gasteiger charge is 2.06. The van der Waals surface area contributed by atoms with E-state index < -0.39 is 0 Å². The third-order valence-electron chi connectivity index (χ3n) is 4.51. The van der Waals surface area contributed by atoms with Gasteiger partial charge in [0.25, 0.3) is 5.91 Å². The summed E-state index contributed by atoms with van der Waals surface area (Å²) in [4.78, 5) is 12.3. The zero-order valence-electron chi connectivity index (χ0n) is 16.6. The highest BCUT2D eigenvalue weighted by molar-refractivity contribution is 6.31. The van der Waals surface area contributed by atoms with Crippen LogP contribution in [0.1, 0.15) is 39.5 Å². The molecule has 0 spiro atoms. The van der Waals surface area contributed by atoms with E-state index in [4.69, 9.17) is 21.6 Å². The largest absolute Gasteiger partial charge is 0.489 e. The second kappa shape index (κ2) is 9.73. The Bertz CT molecular complexity index is 1110. The van der Waals surface area contributed by atoms with Crippen LogP contribution in [0, 0.1) is 18.3 Å². The van der Waals surface area contributed by atoms with Gasteiger partial charge < -0.3 is 4.74 Å². The first-order valence-electron chi connectivity index (χ1n) is 9.29. The van der Waals surface area contributed by atoms with Crippen molar-refractivity contribution in [3.05, 3.63) is 99.6 Å². The van der Waals surface area contributed by atoms with Crippen LogP contribution in [0.4, 0.5) is 0 Å². The maximum atomic E-state index is 12.3. The minimum atomic E-state index is -0.302. The van der Waals surface area contributed by atoms with E-state index in [-0.39, 0.29) is 5.91 Å². The van der Waals surface area contributed by atoms with Crippen LogP contribution < -0.4 is 10.2 Å². The highest BCUT2D eigenvalue weighted by atomic mass is 35.5. The molecule has 0 fully saturated rings. The fraction of sp³-hybridized carbons (Fsp3) is 0.125. The third kappa shape index (κ3) is 5.47. The quantitative estimate of drug-likeness (QED) is 0.439. The summed E-state index contributed by atoms with van der Waals surface area (Å²) >= 11 is 6.02. The normalized spacial score (nSPS) is 10.9. The van der Waals surface area contributed by atoms with E-state index in [9.17, 15) is 4.79 Å². The molecule has 0 saturated carbocycles. The van der Waals surface area contributed by atoms with E-state index in [0.717, 1.165) is 22.4 Å². The molecule has 0 aliphatic rings. The number of rotatable bonds is 6. The van der Waals surface area contributed by atoms with Gasteiger partial charge in [0.05, 0.1) is 17.3 Å². The van der Waals surface area contributed by atoms with Gasteiger partial charge in [-0.05, 0) is 73.0 Å². The van der Waals surface area contributed by atoms with Crippen LogP contribution in [-0.4, -0.2) is 11.6 Å². The maximum Gasteiger partial charge on any atom is 0.271 e. The Labute approximate surface area is 180 Å². The number of aryl methyl sites for hydroxylation is 1. The molecule has 5 nitrogen and oxygen atoms in total. The standard InChI is InChI=1S/C24H20ClN3O2/c1-16-13-22(11-12-23(16)25)30-15-19-5-9-21(10-6-19)24(29)28-27-17(2)20-7-3-18(14-26)4-8-20/h3-13H,15H2,1-2H3,(H,28,29)/b27-17-. The smallest absolute Gasteiger partial charge is 0.271 e. The molecule has 3 rings (SSSR count). The van der Waals surface area contributed by atoms with Crippen molar-refractivity contribution in [3.8, 4) is 11.8 Å². The molecule has 0 saturated heterocycles. The number of amides is 1. The van der Waals surface area contributed by atoms with Gasteiger partial charge in [0.2, 0.25) is 0 Å². The monoisotopic (exact) mass is 417 g/mol. The van der Waals surface area contributed by atoms with Gasteiger partial charge in [0, 0.05) is 10.6 Å². The number of carbonyl (C=O) groups is 1. The van der Waals surface area contributed by atoms with Gasteiger partial charge in [-0.3, -0.25) is 4.79 Å². The first-order chi connectivity index (χ1) is 14.5. The van der Waals surface area contributed by atoms with Crippen molar-refractivity contribution < 1.29 is 9.53 Å². The molecule has 150 valence electrons. The number of carbonyl (C=O) groups excluding carboxylic acids is 1. The van der Waals surface area contributed by atoms with Crippen molar-refractivity contribution in [1.82, 2.24) is 5.43 Å². The lowest BCUT2D eigenvalue weighted by molar-refractivity contribution is 0.0955. The van der Waals surface area contributed by atoms with Crippen LogP contribution in [0.25, 0.3) is 0 Å². The second-order valence-electron chi connectivity index (χ2n) is 6.72. The first-order valence-corrected chi connectivity index (χ1v) is 9.67. The summed E-state index contributed by atoms with van der Waals surface area (Å²) in [5.74, 6) is 0.440. The van der Waals surface area contributed by atoms with Crippen LogP contribution >= 0.6 is 11.6 Å². The number of halogens is 1. The number of benzene rings is 3. The molecule has 0 aliphatic carbocycles. The molecule has 0 heterocycles. The molecule has 1 amide bonds. The molecule has 3 aromatic rings. The van der Waals surface area contributed by atoms with Crippen LogP contribution in [0.2, 0.25) is 5.02 Å². The predicted octanol–water partition coefficient (Wildman–Crippen LogP) is 5.25. The van der Waals surface area contributed by atoms with Crippen molar-refractivity contribution >= 4 is 23.2 Å². The van der Waals surface area contributed by atoms with Crippen LogP contribution in [0.5, 0.6) is 5.75 Å². The minimum absolute atomic E-state index is 0.302. The molecule has 30 heavy (non-hydrogen) atoms. The maximum absolute atomic E-state index is 12.3. The van der Waals surface area contributed by atoms with Gasteiger partial charge in [-0.1, -0.05) is 35.9 Å². The molecule has 0 bridgehead atoms. The number of nitrogens with one attached hydrogen (secondary N) is 1. The van der Waals surface area contributed by atoms with Gasteiger partial charge in [-0.2, -0.15) is 10.4 Å². The molecule has 3 aromatic carbocycles. The molecular weight excluding hydrogens is 398 g/mol. The topological polar surface area (TPSA) is 74.5 Å². The molecule has 0 aliphatic heterocycles. The number of ether oxygens (including phenoxy) is 1. The van der Waals surface area contributed by atoms with Crippen molar-refractivity contribution in [2.45, 2.75) is 20.5 Å². The van der Waals surface area contributed by atoms with Gasteiger partial charge >= 0.3 is 0 Å². The Morgan fingerprint density at radius 3 is 2.37 bits per heavy atom. The number of hydrazone groups is 1. The number of nitriles is 1. The minimum Gasteiger partial charge on any atom is -0.489 e. The van der Waals surface area contributed by atoms with Crippen LogP contribution in [-0.2, 0) is 6.61 Å². The Hall–Kier alpha value is -3.62. The van der Waals surface area contributed by atoms with Gasteiger partial charge in [-0.25, -0.2) is 5.43 Å². The van der Waals surface area contributed by atoms with Crippen molar-refractivity contribution in [1.29, 1.82) is 5.26 Å². The van der Waals surface area contributed by atoms with E-state index in [1.807, 2.05) is 31.2 Å². The fourth-order valence-corrected chi connectivity index (χ4v) is 2.79. The van der Waals surface area contributed by atoms with Gasteiger partial charge in [-0.15, -0.1) is 0 Å². The van der Waals surface area contributed by atoms with E-state index in [1.165, 1.54) is 0 Å². The molecule has 1 N–H and O–H groups in total. The van der Waals surface area contributed by atoms with E-state index >= 15 is 0 Å². The van der Waals surface area contributed by atoms with Crippen LogP contribution in [0.15, 0.2) is 71.8 Å². The summed E-state index contributed by atoms with van der Waals surface area (Å²) in [6, 6.07) is 21.7. The third-order valence-corrected chi connectivity index (χ3v) is 4.93. The SMILES string of the molecule is C/C(=N/NC(=O)c1ccc(COc2ccc(Cl)c(C)c2)cc1)c1ccc(C#N)cc1. The summed E-state index contributed by atoms with van der Waals surface area (Å²) in [5.41, 5.74) is 7.01. The van der Waals surface area contributed by atoms with E-state index in [1.54, 1.807) is 49.4 Å². The Morgan fingerprint density at radius 1 is 1.07 bits per heavy atom. The van der Waals surface area contributed by atoms with Crippen molar-refractivity contribution in [3.63, 3.8) is 0 Å². The average Bonchev–Trinajstić information content (AvgIpc) is 2.78. The summed E-state index contributed by atoms with van der Waals surface area (Å²) < 4.78 is 5.77. The first kappa shape index (κ1) is 21.1. The van der Waals surface area contributed by atoms with Crippen molar-refractivity contribution in [2.75, 3.05) is 0 Å². The molecule has 0 atom stereocenters. The molecule has 0 radical (unpaired) electrons. The number of hydrogen-bond donors (Lipinski definition) is 1. The number of nitrogens with zero attached hydrogens (tertiary/aromatic N) is 2. The Balaban J connectivity index is 1.57. The van der Waals surface area contributed by atoms with E-state index in [2.05, 4.69) is 16.6 Å². The van der Waals surface area contributed by atoms with Crippen LogP contribution in [0.3, 0.4) is 0 Å². The summed E-state index contributed by atoms with van der Waals surface area (Å²) in [5, 5.41) is 13.7. The molecular formula is C24H20ClN3O2. The summed E-state index contributed by atoms with van der Waals surface area (Å²) in [7, 11) is 0. The Kier molecular flexibility index (Phi) is 6.84.